The summed E-state index contributed by atoms with van der Waals surface area (Å²) < 4.78 is 13.8. The van der Waals surface area contributed by atoms with Crippen molar-refractivity contribution >= 4 is 17.2 Å². The van der Waals surface area contributed by atoms with Gasteiger partial charge in [-0.15, -0.1) is 11.3 Å². The number of thiazole rings is 1. The van der Waals surface area contributed by atoms with E-state index in [4.69, 9.17) is 4.98 Å². The fourth-order valence-corrected chi connectivity index (χ4v) is 3.77. The zero-order valence-corrected chi connectivity index (χ0v) is 15.8. The lowest BCUT2D eigenvalue weighted by Gasteiger charge is -2.34. The van der Waals surface area contributed by atoms with Crippen molar-refractivity contribution in [2.45, 2.75) is 32.7 Å². The molecule has 1 aromatic heterocycles. The van der Waals surface area contributed by atoms with E-state index in [1.807, 2.05) is 0 Å². The molecule has 0 atom stereocenters. The lowest BCUT2D eigenvalue weighted by molar-refractivity contribution is 0.0622. The molecule has 0 bridgehead atoms. The van der Waals surface area contributed by atoms with Crippen LogP contribution in [-0.4, -0.2) is 46.9 Å². The van der Waals surface area contributed by atoms with Crippen LogP contribution in [0.2, 0.25) is 0 Å². The molecule has 3 rings (SSSR count). The van der Waals surface area contributed by atoms with E-state index in [0.717, 1.165) is 30.3 Å². The molecule has 0 saturated carbocycles. The largest absolute Gasteiger partial charge is 0.336 e. The third-order valence-electron chi connectivity index (χ3n) is 4.34. The summed E-state index contributed by atoms with van der Waals surface area (Å²) in [6.07, 6.45) is 0. The molecule has 0 radical (unpaired) electrons. The van der Waals surface area contributed by atoms with Crippen molar-refractivity contribution in [2.75, 3.05) is 26.2 Å². The molecular formula is C19H24FN3OS. The van der Waals surface area contributed by atoms with E-state index in [0.29, 0.717) is 13.1 Å². The maximum atomic E-state index is 13.8. The third kappa shape index (κ3) is 4.25. The maximum Gasteiger partial charge on any atom is 0.256 e. The number of hydrogen-bond donors (Lipinski definition) is 0. The Hall–Kier alpha value is -1.79. The SMILES string of the molecule is CC(C)(C)c1nc(CN2CCN(C(=O)c3ccccc3F)CC2)cs1. The van der Waals surface area contributed by atoms with Crippen molar-refractivity contribution in [1.82, 2.24) is 14.8 Å². The van der Waals surface area contributed by atoms with E-state index in [1.165, 1.54) is 6.07 Å². The molecule has 2 heterocycles. The molecule has 1 aliphatic heterocycles. The minimum Gasteiger partial charge on any atom is -0.336 e. The minimum atomic E-state index is -0.452. The first-order valence-corrected chi connectivity index (χ1v) is 9.43. The number of rotatable bonds is 3. The predicted molar refractivity (Wildman–Crippen MR) is 98.4 cm³/mol. The van der Waals surface area contributed by atoms with Gasteiger partial charge in [-0.05, 0) is 12.1 Å². The number of halogens is 1. The topological polar surface area (TPSA) is 36.4 Å². The molecule has 1 saturated heterocycles. The van der Waals surface area contributed by atoms with Gasteiger partial charge < -0.3 is 4.90 Å². The number of nitrogens with zero attached hydrogens (tertiary/aromatic N) is 3. The standard InChI is InChI=1S/C19H24FN3OS/c1-19(2,3)18-21-14(13-25-18)12-22-8-10-23(11-9-22)17(24)15-6-4-5-7-16(15)20/h4-7,13H,8-12H2,1-3H3. The summed E-state index contributed by atoms with van der Waals surface area (Å²) in [7, 11) is 0. The molecule has 1 amide bonds. The van der Waals surface area contributed by atoms with Crippen LogP contribution in [0.3, 0.4) is 0 Å². The normalized spacial score (nSPS) is 16.2. The summed E-state index contributed by atoms with van der Waals surface area (Å²) in [6.45, 7) is 10.1. The van der Waals surface area contributed by atoms with Crippen LogP contribution in [-0.2, 0) is 12.0 Å². The second kappa shape index (κ2) is 7.22. The van der Waals surface area contributed by atoms with E-state index < -0.39 is 5.82 Å². The van der Waals surface area contributed by atoms with Gasteiger partial charge in [0.25, 0.3) is 5.91 Å². The fourth-order valence-electron chi connectivity index (χ4n) is 2.87. The van der Waals surface area contributed by atoms with Gasteiger partial charge in [-0.25, -0.2) is 9.37 Å². The molecule has 0 spiro atoms. The average molecular weight is 361 g/mol. The Morgan fingerprint density at radius 2 is 1.88 bits per heavy atom. The average Bonchev–Trinajstić information content (AvgIpc) is 3.04. The van der Waals surface area contributed by atoms with E-state index in [2.05, 4.69) is 31.1 Å². The summed E-state index contributed by atoms with van der Waals surface area (Å²) >= 11 is 1.71. The molecule has 134 valence electrons. The van der Waals surface area contributed by atoms with Crippen molar-refractivity contribution < 1.29 is 9.18 Å². The number of aromatic nitrogens is 1. The van der Waals surface area contributed by atoms with Gasteiger partial charge in [0.2, 0.25) is 0 Å². The number of carbonyl (C=O) groups excluding carboxylic acids is 1. The molecule has 4 nitrogen and oxygen atoms in total. The quantitative estimate of drug-likeness (QED) is 0.839. The highest BCUT2D eigenvalue weighted by Gasteiger charge is 2.25. The van der Waals surface area contributed by atoms with E-state index >= 15 is 0 Å². The molecule has 1 aromatic carbocycles. The van der Waals surface area contributed by atoms with Crippen LogP contribution in [0.5, 0.6) is 0 Å². The molecule has 1 fully saturated rings. The second-order valence-electron chi connectivity index (χ2n) is 7.44. The molecule has 0 unspecified atom stereocenters. The Morgan fingerprint density at radius 1 is 1.20 bits per heavy atom. The van der Waals surface area contributed by atoms with Gasteiger partial charge in [0.05, 0.1) is 16.3 Å². The Balaban J connectivity index is 1.56. The van der Waals surface area contributed by atoms with Gasteiger partial charge >= 0.3 is 0 Å². The first-order valence-electron chi connectivity index (χ1n) is 8.55. The molecule has 2 aromatic rings. The van der Waals surface area contributed by atoms with Crippen LogP contribution in [0.25, 0.3) is 0 Å². The molecule has 0 aliphatic carbocycles. The number of hydrogen-bond acceptors (Lipinski definition) is 4. The highest BCUT2D eigenvalue weighted by molar-refractivity contribution is 7.09. The smallest absolute Gasteiger partial charge is 0.256 e. The van der Waals surface area contributed by atoms with Crippen LogP contribution in [0.15, 0.2) is 29.6 Å². The van der Waals surface area contributed by atoms with Crippen molar-refractivity contribution in [1.29, 1.82) is 0 Å². The third-order valence-corrected chi connectivity index (χ3v) is 5.66. The van der Waals surface area contributed by atoms with Crippen molar-refractivity contribution in [2.24, 2.45) is 0 Å². The summed E-state index contributed by atoms with van der Waals surface area (Å²) in [5, 5.41) is 3.27. The zero-order chi connectivity index (χ0) is 18.0. The first-order chi connectivity index (χ1) is 11.8. The van der Waals surface area contributed by atoms with Gasteiger partial charge in [-0.3, -0.25) is 9.69 Å². The van der Waals surface area contributed by atoms with Gasteiger partial charge in [0.1, 0.15) is 5.82 Å². The Bertz CT molecular complexity index is 745. The first kappa shape index (κ1) is 18.0. The van der Waals surface area contributed by atoms with Crippen LogP contribution in [0, 0.1) is 5.82 Å². The maximum absolute atomic E-state index is 13.8. The zero-order valence-electron chi connectivity index (χ0n) is 15.0. The van der Waals surface area contributed by atoms with Crippen LogP contribution in [0.1, 0.15) is 41.8 Å². The molecule has 1 aliphatic rings. The van der Waals surface area contributed by atoms with E-state index in [-0.39, 0.29) is 16.9 Å². The van der Waals surface area contributed by atoms with Crippen molar-refractivity contribution in [3.8, 4) is 0 Å². The molecular weight excluding hydrogens is 337 g/mol. The van der Waals surface area contributed by atoms with Crippen LogP contribution >= 0.6 is 11.3 Å². The minimum absolute atomic E-state index is 0.0772. The van der Waals surface area contributed by atoms with Crippen molar-refractivity contribution in [3.05, 3.63) is 51.7 Å². The lowest BCUT2D eigenvalue weighted by Crippen LogP contribution is -2.48. The number of amides is 1. The Kier molecular flexibility index (Phi) is 5.20. The Labute approximate surface area is 152 Å². The monoisotopic (exact) mass is 361 g/mol. The van der Waals surface area contributed by atoms with Crippen molar-refractivity contribution in [3.63, 3.8) is 0 Å². The number of carbonyl (C=O) groups is 1. The molecule has 25 heavy (non-hydrogen) atoms. The lowest BCUT2D eigenvalue weighted by atomic mass is 9.98. The van der Waals surface area contributed by atoms with Gasteiger partial charge in [-0.2, -0.15) is 0 Å². The Morgan fingerprint density at radius 3 is 2.48 bits per heavy atom. The summed E-state index contributed by atoms with van der Waals surface area (Å²) in [5.74, 6) is -0.673. The fraction of sp³-hybridized carbons (Fsp3) is 0.474. The van der Waals surface area contributed by atoms with Gasteiger partial charge in [-0.1, -0.05) is 32.9 Å². The molecule has 0 N–H and O–H groups in total. The predicted octanol–water partition coefficient (Wildman–Crippen LogP) is 3.54. The van der Waals surface area contributed by atoms with E-state index in [9.17, 15) is 9.18 Å². The van der Waals surface area contributed by atoms with Crippen LogP contribution in [0.4, 0.5) is 4.39 Å². The number of piperazine rings is 1. The number of benzene rings is 1. The van der Waals surface area contributed by atoms with Gasteiger partial charge in [0.15, 0.2) is 0 Å². The summed E-state index contributed by atoms with van der Waals surface area (Å²) in [5.41, 5.74) is 1.32. The highest BCUT2D eigenvalue weighted by atomic mass is 32.1. The van der Waals surface area contributed by atoms with Crippen LogP contribution < -0.4 is 0 Å². The second-order valence-corrected chi connectivity index (χ2v) is 8.30. The van der Waals surface area contributed by atoms with Gasteiger partial charge in [0, 0.05) is 43.5 Å². The molecule has 6 heteroatoms. The summed E-state index contributed by atoms with van der Waals surface area (Å²) in [6, 6.07) is 6.18. The summed E-state index contributed by atoms with van der Waals surface area (Å²) in [4.78, 5) is 21.2. The van der Waals surface area contributed by atoms with E-state index in [1.54, 1.807) is 34.4 Å². The highest BCUT2D eigenvalue weighted by Crippen LogP contribution is 2.26.